The zero-order chi connectivity index (χ0) is 4.28. The number of nitrogens with zero attached hydrogens (tertiary/aromatic N) is 1. The van der Waals surface area contributed by atoms with Crippen LogP contribution in [0.15, 0.2) is 4.91 Å². The zero-order valence-corrected chi connectivity index (χ0v) is 3.29. The van der Waals surface area contributed by atoms with Crippen molar-refractivity contribution in [2.24, 2.45) is 4.91 Å². The van der Waals surface area contributed by atoms with Gasteiger partial charge in [-0.25, -0.2) is 0 Å². The molecule has 5 heteroatoms. The fourth-order valence-corrected chi connectivity index (χ4v) is 0. The normalized spacial score (nSPS) is 8.80. The molecule has 0 radical (unpaired) electrons. The molecule has 4 nitrogen and oxygen atoms in total. The molecular formula is H4NO3P. The van der Waals surface area contributed by atoms with E-state index in [9.17, 15) is 0 Å². The quantitative estimate of drug-likeness (QED) is 0.284. The summed E-state index contributed by atoms with van der Waals surface area (Å²) in [5.74, 6) is 0. The summed E-state index contributed by atoms with van der Waals surface area (Å²) in [5, 5.41) is 7.31. The van der Waals surface area contributed by atoms with Crippen molar-refractivity contribution in [2.75, 3.05) is 0 Å². The third kappa shape index (κ3) is 4.11. The highest BCUT2D eigenvalue weighted by Crippen LogP contribution is 2.06. The maximum absolute atomic E-state index is 7.60. The van der Waals surface area contributed by atoms with Crippen LogP contribution in [0.2, 0.25) is 0 Å². The molecule has 0 aliphatic rings. The number of hydrogen-bond acceptors (Lipinski definition) is 1. The summed E-state index contributed by atoms with van der Waals surface area (Å²) in [6, 6.07) is 0. The highest BCUT2D eigenvalue weighted by atomic mass is 31.1. The van der Waals surface area contributed by atoms with Gasteiger partial charge in [0, 0.05) is 0 Å². The van der Waals surface area contributed by atoms with Crippen molar-refractivity contribution in [2.45, 2.75) is 0 Å². The Balaban J connectivity index is 3.14. The van der Waals surface area contributed by atoms with E-state index in [1.54, 1.807) is 0 Å². The fraction of sp³-hybridized carbons (Fsp3) is 0. The van der Waals surface area contributed by atoms with Crippen molar-refractivity contribution >= 4 is 8.17 Å². The maximum atomic E-state index is 7.60. The molecule has 0 heterocycles. The summed E-state index contributed by atoms with van der Waals surface area (Å²) in [6.45, 7) is 0. The van der Waals surface area contributed by atoms with E-state index in [-0.39, 0.29) is 0 Å². The molecule has 0 bridgehead atoms. The van der Waals surface area contributed by atoms with Crippen molar-refractivity contribution in [3.63, 3.8) is 0 Å². The minimum absolute atomic E-state index is 2.10. The first-order valence-corrected chi connectivity index (χ1v) is 2.21. The Hall–Kier alpha value is 0.110. The molecular weight excluding hydrogens is 93.0 g/mol. The van der Waals surface area contributed by atoms with Crippen LogP contribution < -0.4 is 0 Å². The van der Waals surface area contributed by atoms with E-state index in [0.717, 1.165) is 0 Å². The Labute approximate surface area is 29.3 Å². The SMILES string of the molecule is ON=[PH](O)O. The van der Waals surface area contributed by atoms with Gasteiger partial charge in [0.2, 0.25) is 8.17 Å². The molecule has 0 aromatic carbocycles. The molecule has 0 saturated carbocycles. The minimum Gasteiger partial charge on any atom is -0.340 e. The summed E-state index contributed by atoms with van der Waals surface area (Å²) in [5.41, 5.74) is 0. The molecule has 0 amide bonds. The Morgan fingerprint density at radius 2 is 1.60 bits per heavy atom. The van der Waals surface area contributed by atoms with Gasteiger partial charge < -0.3 is 9.79 Å². The lowest BCUT2D eigenvalue weighted by Crippen LogP contribution is -1.46. The second kappa shape index (κ2) is 2.35. The molecule has 32 valence electrons. The highest BCUT2D eigenvalue weighted by Gasteiger charge is 1.64. The second-order valence-corrected chi connectivity index (χ2v) is 1.20. The third-order valence-corrected chi connectivity index (χ3v) is 0.268. The van der Waals surface area contributed by atoms with Gasteiger partial charge in [0.1, 0.15) is 0 Å². The average Bonchev–Trinajstić information content (AvgIpc) is 1.38. The molecule has 0 rings (SSSR count). The molecule has 5 heavy (non-hydrogen) atoms. The molecule has 0 unspecified atom stereocenters. The van der Waals surface area contributed by atoms with E-state index < -0.39 is 8.17 Å². The van der Waals surface area contributed by atoms with Crippen molar-refractivity contribution < 1.29 is 15.0 Å². The lowest BCUT2D eigenvalue weighted by atomic mass is 13.6. The van der Waals surface area contributed by atoms with Crippen LogP contribution in [0.4, 0.5) is 0 Å². The lowest BCUT2D eigenvalue weighted by molar-refractivity contribution is 0.308. The van der Waals surface area contributed by atoms with E-state index in [1.165, 1.54) is 0 Å². The van der Waals surface area contributed by atoms with Gasteiger partial charge in [-0.1, -0.05) is 0 Å². The third-order valence-electron chi connectivity index (χ3n) is 0.0894. The van der Waals surface area contributed by atoms with Gasteiger partial charge in [0.15, 0.2) is 0 Å². The molecule has 0 fully saturated rings. The smallest absolute Gasteiger partial charge is 0.223 e. The van der Waals surface area contributed by atoms with Gasteiger partial charge in [-0.2, -0.15) is 0 Å². The van der Waals surface area contributed by atoms with Crippen molar-refractivity contribution in [3.05, 3.63) is 0 Å². The highest BCUT2D eigenvalue weighted by molar-refractivity contribution is 7.33. The predicted molar refractivity (Wildman–Crippen MR) is 17.0 cm³/mol. The second-order valence-electron chi connectivity index (χ2n) is 0.400. The Morgan fingerprint density at radius 1 is 1.40 bits per heavy atom. The first-order valence-electron chi connectivity index (χ1n) is 0.871. The van der Waals surface area contributed by atoms with Crippen molar-refractivity contribution in [3.8, 4) is 0 Å². The first kappa shape index (κ1) is 5.11. The van der Waals surface area contributed by atoms with E-state index in [4.69, 9.17) is 15.0 Å². The molecule has 0 saturated heterocycles. The molecule has 0 aliphatic carbocycles. The molecule has 0 spiro atoms. The molecule has 0 aromatic rings. The molecule has 0 aliphatic heterocycles. The Bertz CT molecular complexity index is 44.9. The van der Waals surface area contributed by atoms with Crippen LogP contribution >= 0.6 is 8.17 Å². The molecule has 0 atom stereocenters. The lowest BCUT2D eigenvalue weighted by Gasteiger charge is -1.73. The predicted octanol–water partition coefficient (Wildman–Crippen LogP) is -0.412. The van der Waals surface area contributed by atoms with E-state index in [0.29, 0.717) is 0 Å². The van der Waals surface area contributed by atoms with Gasteiger partial charge in [0.05, 0.1) is 0 Å². The molecule has 0 aromatic heterocycles. The number of rotatable bonds is 0. The Morgan fingerprint density at radius 3 is 1.60 bits per heavy atom. The van der Waals surface area contributed by atoms with Crippen molar-refractivity contribution in [1.82, 2.24) is 0 Å². The summed E-state index contributed by atoms with van der Waals surface area (Å²) < 4.78 is 0. The standard InChI is InChI=1S/H4NO3P/c2-1-5(3)4/h2,5H,(H2,1,3,4). The molecule has 3 N–H and O–H groups in total. The van der Waals surface area contributed by atoms with Crippen LogP contribution in [-0.2, 0) is 0 Å². The first-order chi connectivity index (χ1) is 2.27. The van der Waals surface area contributed by atoms with Gasteiger partial charge in [-0.15, -0.1) is 4.91 Å². The topological polar surface area (TPSA) is 73.1 Å². The maximum Gasteiger partial charge on any atom is 0.223 e. The van der Waals surface area contributed by atoms with E-state index in [2.05, 4.69) is 4.91 Å². The fourth-order valence-electron chi connectivity index (χ4n) is 0. The summed E-state index contributed by atoms with van der Waals surface area (Å²) in [7, 11) is -2.69. The zero-order valence-electron chi connectivity index (χ0n) is 2.29. The average molecular weight is 97.0 g/mol. The summed E-state index contributed by atoms with van der Waals surface area (Å²) in [6.07, 6.45) is 0. The Kier molecular flexibility index (Phi) is 2.41. The van der Waals surface area contributed by atoms with Gasteiger partial charge in [0.25, 0.3) is 0 Å². The van der Waals surface area contributed by atoms with Gasteiger partial charge in [-0.05, 0) is 0 Å². The van der Waals surface area contributed by atoms with Crippen LogP contribution in [0.5, 0.6) is 0 Å². The van der Waals surface area contributed by atoms with Crippen molar-refractivity contribution in [1.29, 1.82) is 0 Å². The minimum atomic E-state index is -2.69. The van der Waals surface area contributed by atoms with Crippen LogP contribution in [0, 0.1) is 0 Å². The van der Waals surface area contributed by atoms with Crippen LogP contribution in [-0.4, -0.2) is 15.0 Å². The summed E-state index contributed by atoms with van der Waals surface area (Å²) in [4.78, 5) is 17.3. The van der Waals surface area contributed by atoms with Crippen LogP contribution in [0.3, 0.4) is 0 Å². The summed E-state index contributed by atoms with van der Waals surface area (Å²) >= 11 is 0. The number of hydrogen-bond donors (Lipinski definition) is 3. The largest absolute Gasteiger partial charge is 0.340 e. The van der Waals surface area contributed by atoms with Crippen LogP contribution in [0.1, 0.15) is 0 Å². The van der Waals surface area contributed by atoms with Gasteiger partial charge in [-0.3, -0.25) is 5.21 Å². The monoisotopic (exact) mass is 97.0 g/mol. The van der Waals surface area contributed by atoms with E-state index >= 15 is 0 Å². The van der Waals surface area contributed by atoms with E-state index in [1.807, 2.05) is 0 Å². The van der Waals surface area contributed by atoms with Crippen LogP contribution in [0.25, 0.3) is 0 Å². The van der Waals surface area contributed by atoms with Gasteiger partial charge >= 0.3 is 0 Å².